The van der Waals surface area contributed by atoms with Gasteiger partial charge >= 0.3 is 0 Å². The van der Waals surface area contributed by atoms with E-state index in [-0.39, 0.29) is 11.2 Å². The molecule has 1 saturated carbocycles. The number of carbonyl (C=O) groups is 1. The molecule has 2 atom stereocenters. The minimum atomic E-state index is 0.177. The Hall–Kier alpha value is -1.57. The lowest BCUT2D eigenvalue weighted by molar-refractivity contribution is 0.103. The summed E-state index contributed by atoms with van der Waals surface area (Å²) >= 11 is 0. The van der Waals surface area contributed by atoms with Crippen LogP contribution in [0.1, 0.15) is 22.3 Å². The van der Waals surface area contributed by atoms with Crippen molar-refractivity contribution in [1.29, 1.82) is 0 Å². The number of piperidine rings is 1. The van der Waals surface area contributed by atoms with Crippen molar-refractivity contribution in [2.24, 2.45) is 5.92 Å². The Morgan fingerprint density at radius 2 is 2.19 bits per heavy atom. The SMILES string of the molecule is CN1C[C@H]2CC23C1=CC(=O)c1ccccc13. The molecule has 1 spiro atoms. The largest absolute Gasteiger partial charge is 0.377 e. The lowest BCUT2D eigenvalue weighted by atomic mass is 9.81. The van der Waals surface area contributed by atoms with Crippen LogP contribution in [0.15, 0.2) is 36.0 Å². The van der Waals surface area contributed by atoms with Crippen molar-refractivity contribution in [1.82, 2.24) is 4.90 Å². The highest BCUT2D eigenvalue weighted by atomic mass is 16.1. The highest BCUT2D eigenvalue weighted by molar-refractivity contribution is 6.08. The maximum absolute atomic E-state index is 12.0. The molecule has 1 aliphatic heterocycles. The summed E-state index contributed by atoms with van der Waals surface area (Å²) in [6.45, 7) is 1.10. The predicted octanol–water partition coefficient (Wildman–Crippen LogP) is 1.97. The van der Waals surface area contributed by atoms with Gasteiger partial charge in [0.25, 0.3) is 0 Å². The zero-order valence-corrected chi connectivity index (χ0v) is 9.23. The Labute approximate surface area is 94.6 Å². The second-order valence-electron chi connectivity index (χ2n) is 5.19. The van der Waals surface area contributed by atoms with Crippen LogP contribution in [-0.4, -0.2) is 24.3 Å². The smallest absolute Gasteiger partial charge is 0.187 e. The number of hydrogen-bond acceptors (Lipinski definition) is 2. The third kappa shape index (κ3) is 0.753. The van der Waals surface area contributed by atoms with Crippen molar-refractivity contribution >= 4 is 5.78 Å². The zero-order chi connectivity index (χ0) is 10.9. The van der Waals surface area contributed by atoms with E-state index in [4.69, 9.17) is 0 Å². The second-order valence-corrected chi connectivity index (χ2v) is 5.19. The number of fused-ring (bicyclic) bond motifs is 1. The fourth-order valence-corrected chi connectivity index (χ4v) is 3.63. The Balaban J connectivity index is 2.02. The van der Waals surface area contributed by atoms with E-state index in [1.165, 1.54) is 17.7 Å². The number of nitrogens with zero attached hydrogens (tertiary/aromatic N) is 1. The number of benzene rings is 1. The second kappa shape index (κ2) is 2.40. The molecule has 1 heterocycles. The van der Waals surface area contributed by atoms with E-state index in [2.05, 4.69) is 24.1 Å². The van der Waals surface area contributed by atoms with Crippen LogP contribution in [0.2, 0.25) is 0 Å². The highest BCUT2D eigenvalue weighted by Gasteiger charge is 2.65. The third-order valence-corrected chi connectivity index (χ3v) is 4.41. The molecule has 0 aromatic heterocycles. The number of likely N-dealkylation sites (tertiary alicyclic amines) is 1. The number of carbonyl (C=O) groups excluding carboxylic acids is 1. The molecule has 1 aromatic carbocycles. The summed E-state index contributed by atoms with van der Waals surface area (Å²) in [5.74, 6) is 0.911. The molecule has 1 saturated heterocycles. The van der Waals surface area contributed by atoms with Gasteiger partial charge in [-0.3, -0.25) is 4.79 Å². The van der Waals surface area contributed by atoms with Gasteiger partial charge in [-0.25, -0.2) is 0 Å². The molecular weight excluding hydrogens is 198 g/mol. The monoisotopic (exact) mass is 211 g/mol. The van der Waals surface area contributed by atoms with Gasteiger partial charge in [0.05, 0.1) is 0 Å². The predicted molar refractivity (Wildman–Crippen MR) is 61.3 cm³/mol. The molecule has 2 aliphatic carbocycles. The van der Waals surface area contributed by atoms with E-state index in [9.17, 15) is 4.79 Å². The Morgan fingerprint density at radius 3 is 3.06 bits per heavy atom. The molecule has 0 N–H and O–H groups in total. The molecule has 0 radical (unpaired) electrons. The molecule has 1 aromatic rings. The average molecular weight is 211 g/mol. The van der Waals surface area contributed by atoms with Crippen molar-refractivity contribution < 1.29 is 4.79 Å². The molecule has 2 nitrogen and oxygen atoms in total. The summed E-state index contributed by atoms with van der Waals surface area (Å²) in [7, 11) is 2.10. The summed E-state index contributed by atoms with van der Waals surface area (Å²) in [6.07, 6.45) is 3.09. The molecule has 1 unspecified atom stereocenters. The molecular formula is C14H13NO. The molecule has 0 bridgehead atoms. The fraction of sp³-hybridized carbons (Fsp3) is 0.357. The molecule has 3 aliphatic rings. The van der Waals surface area contributed by atoms with Gasteiger partial charge in [-0.2, -0.15) is 0 Å². The van der Waals surface area contributed by atoms with Crippen molar-refractivity contribution in [3.05, 3.63) is 47.2 Å². The van der Waals surface area contributed by atoms with E-state index in [0.29, 0.717) is 0 Å². The van der Waals surface area contributed by atoms with Gasteiger partial charge in [-0.1, -0.05) is 24.3 Å². The van der Waals surface area contributed by atoms with Crippen molar-refractivity contribution in [2.45, 2.75) is 11.8 Å². The van der Waals surface area contributed by atoms with E-state index >= 15 is 0 Å². The van der Waals surface area contributed by atoms with Gasteiger partial charge in [-0.05, 0) is 17.9 Å². The number of hydrogen-bond donors (Lipinski definition) is 0. The van der Waals surface area contributed by atoms with E-state index in [0.717, 1.165) is 18.0 Å². The number of likely N-dealkylation sites (N-methyl/N-ethyl adjacent to an activating group) is 1. The van der Waals surface area contributed by atoms with Crippen LogP contribution in [-0.2, 0) is 5.41 Å². The van der Waals surface area contributed by atoms with E-state index < -0.39 is 0 Å². The first-order valence-electron chi connectivity index (χ1n) is 5.80. The molecule has 0 amide bonds. The Kier molecular flexibility index (Phi) is 1.28. The summed E-state index contributed by atoms with van der Waals surface area (Å²) in [6, 6.07) is 8.12. The summed E-state index contributed by atoms with van der Waals surface area (Å²) in [4.78, 5) is 14.3. The summed E-state index contributed by atoms with van der Waals surface area (Å²) in [5, 5.41) is 0. The van der Waals surface area contributed by atoms with E-state index in [1.54, 1.807) is 0 Å². The molecule has 2 heteroatoms. The average Bonchev–Trinajstić information content (AvgIpc) is 2.92. The Morgan fingerprint density at radius 1 is 1.38 bits per heavy atom. The van der Waals surface area contributed by atoms with Gasteiger partial charge < -0.3 is 4.90 Å². The van der Waals surface area contributed by atoms with Crippen LogP contribution in [0, 0.1) is 5.92 Å². The minimum Gasteiger partial charge on any atom is -0.377 e. The third-order valence-electron chi connectivity index (χ3n) is 4.41. The van der Waals surface area contributed by atoms with Crippen molar-refractivity contribution in [3.8, 4) is 0 Å². The minimum absolute atomic E-state index is 0.177. The van der Waals surface area contributed by atoms with Crippen LogP contribution < -0.4 is 0 Å². The van der Waals surface area contributed by atoms with E-state index in [1.807, 2.05) is 18.2 Å². The fourth-order valence-electron chi connectivity index (χ4n) is 3.63. The number of rotatable bonds is 0. The molecule has 4 rings (SSSR count). The van der Waals surface area contributed by atoms with Gasteiger partial charge in [0.15, 0.2) is 5.78 Å². The highest BCUT2D eigenvalue weighted by Crippen LogP contribution is 2.66. The van der Waals surface area contributed by atoms with Crippen LogP contribution in [0.25, 0.3) is 0 Å². The molecule has 2 fully saturated rings. The number of ketones is 1. The zero-order valence-electron chi connectivity index (χ0n) is 9.23. The lowest BCUT2D eigenvalue weighted by Crippen LogP contribution is -2.26. The lowest BCUT2D eigenvalue weighted by Gasteiger charge is -2.27. The first-order chi connectivity index (χ1) is 7.73. The standard InChI is InChI=1S/C14H13NO/c1-15-8-9-7-14(9)11-5-3-2-4-10(11)12(16)6-13(14)15/h2-6,9H,7-8H2,1H3/t9-,14?/m1/s1. The van der Waals surface area contributed by atoms with Crippen LogP contribution in [0.4, 0.5) is 0 Å². The normalized spacial score (nSPS) is 34.1. The van der Waals surface area contributed by atoms with Crippen LogP contribution in [0.3, 0.4) is 0 Å². The van der Waals surface area contributed by atoms with Gasteiger partial charge in [0, 0.05) is 36.3 Å². The van der Waals surface area contributed by atoms with Gasteiger partial charge in [-0.15, -0.1) is 0 Å². The van der Waals surface area contributed by atoms with Crippen molar-refractivity contribution in [3.63, 3.8) is 0 Å². The van der Waals surface area contributed by atoms with Gasteiger partial charge in [0.1, 0.15) is 0 Å². The maximum atomic E-state index is 12.0. The van der Waals surface area contributed by atoms with Crippen LogP contribution >= 0.6 is 0 Å². The Bertz CT molecular complexity index is 545. The molecule has 16 heavy (non-hydrogen) atoms. The topological polar surface area (TPSA) is 20.3 Å². The first kappa shape index (κ1) is 8.57. The van der Waals surface area contributed by atoms with Gasteiger partial charge in [0.2, 0.25) is 0 Å². The maximum Gasteiger partial charge on any atom is 0.187 e. The van der Waals surface area contributed by atoms with Crippen molar-refractivity contribution in [2.75, 3.05) is 13.6 Å². The quantitative estimate of drug-likeness (QED) is 0.654. The summed E-state index contributed by atoms with van der Waals surface area (Å²) < 4.78 is 0. The van der Waals surface area contributed by atoms with Crippen LogP contribution in [0.5, 0.6) is 0 Å². The molecule has 80 valence electrons. The summed E-state index contributed by atoms with van der Waals surface area (Å²) in [5.41, 5.74) is 3.65. The first-order valence-corrected chi connectivity index (χ1v) is 5.80. The number of allylic oxidation sites excluding steroid dienone is 2.